The minimum absolute atomic E-state index is 0.0602. The number of esters is 4. The molecule has 0 heterocycles. The van der Waals surface area contributed by atoms with E-state index < -0.39 is 97.5 Å². The highest BCUT2D eigenvalue weighted by molar-refractivity contribution is 7.47. The van der Waals surface area contributed by atoms with Gasteiger partial charge in [-0.1, -0.05) is 296 Å². The van der Waals surface area contributed by atoms with E-state index in [0.717, 1.165) is 167 Å². The average molecular weight is 1500 g/mol. The van der Waals surface area contributed by atoms with Crippen LogP contribution in [0.3, 0.4) is 0 Å². The summed E-state index contributed by atoms with van der Waals surface area (Å²) in [6.07, 6.45) is 85.7. The number of aliphatic hydroxyl groups excluding tert-OH is 1. The predicted octanol–water partition coefficient (Wildman–Crippen LogP) is 23.7. The molecule has 0 aliphatic rings. The van der Waals surface area contributed by atoms with Gasteiger partial charge in [0.2, 0.25) is 0 Å². The van der Waals surface area contributed by atoms with Crippen LogP contribution in [0.5, 0.6) is 0 Å². The number of hydrogen-bond donors (Lipinski definition) is 3. The Kier molecular flexibility index (Phi) is 72.9. The van der Waals surface area contributed by atoms with Crippen molar-refractivity contribution in [1.29, 1.82) is 0 Å². The normalized spacial score (nSPS) is 14.6. The summed E-state index contributed by atoms with van der Waals surface area (Å²) >= 11 is 0. The second kappa shape index (κ2) is 76.4. The van der Waals surface area contributed by atoms with Gasteiger partial charge < -0.3 is 33.8 Å². The topological polar surface area (TPSA) is 237 Å². The smallest absolute Gasteiger partial charge is 0.462 e. The highest BCUT2D eigenvalue weighted by Crippen LogP contribution is 2.45. The van der Waals surface area contributed by atoms with E-state index in [4.69, 9.17) is 37.0 Å². The van der Waals surface area contributed by atoms with Gasteiger partial charge in [0, 0.05) is 25.7 Å². The van der Waals surface area contributed by atoms with Crippen LogP contribution in [0.1, 0.15) is 323 Å². The molecule has 17 nitrogen and oxygen atoms in total. The Morgan fingerprint density at radius 1 is 0.279 bits per heavy atom. The summed E-state index contributed by atoms with van der Waals surface area (Å²) in [6.45, 7) is 4.54. The van der Waals surface area contributed by atoms with Crippen LogP contribution in [0.25, 0.3) is 0 Å². The van der Waals surface area contributed by atoms with E-state index in [0.29, 0.717) is 32.1 Å². The fraction of sp³-hybridized carbons (Fsp3) is 0.694. The maximum atomic E-state index is 13.1. The number of phosphoric ester groups is 2. The molecule has 0 aromatic rings. The molecule has 0 rings (SSSR count). The number of hydrogen-bond acceptors (Lipinski definition) is 15. The molecule has 0 aliphatic carbocycles. The Morgan fingerprint density at radius 3 is 0.827 bits per heavy atom. The van der Waals surface area contributed by atoms with Gasteiger partial charge in [-0.2, -0.15) is 0 Å². The van der Waals surface area contributed by atoms with Crippen LogP contribution in [0.2, 0.25) is 0 Å². The van der Waals surface area contributed by atoms with Crippen molar-refractivity contribution in [3.05, 3.63) is 134 Å². The molecule has 104 heavy (non-hydrogen) atoms. The zero-order valence-electron chi connectivity index (χ0n) is 65.2. The Labute approximate surface area is 631 Å². The highest BCUT2D eigenvalue weighted by Gasteiger charge is 2.30. The van der Waals surface area contributed by atoms with Crippen molar-refractivity contribution < 1.29 is 80.2 Å². The molecule has 3 N–H and O–H groups in total. The average Bonchev–Trinajstić information content (AvgIpc) is 0.939. The van der Waals surface area contributed by atoms with Crippen molar-refractivity contribution in [2.24, 2.45) is 0 Å². The minimum Gasteiger partial charge on any atom is -0.462 e. The van der Waals surface area contributed by atoms with Crippen LogP contribution in [-0.2, 0) is 65.4 Å². The lowest BCUT2D eigenvalue weighted by molar-refractivity contribution is -0.161. The molecular weight excluding hydrogens is 1350 g/mol. The first kappa shape index (κ1) is 99.2. The molecule has 0 radical (unpaired) electrons. The molecule has 0 saturated carbocycles. The summed E-state index contributed by atoms with van der Waals surface area (Å²) in [7, 11) is -9.98. The van der Waals surface area contributed by atoms with Gasteiger partial charge >= 0.3 is 39.5 Å². The summed E-state index contributed by atoms with van der Waals surface area (Å²) in [5.41, 5.74) is 0. The van der Waals surface area contributed by atoms with E-state index in [1.807, 2.05) is 12.2 Å². The van der Waals surface area contributed by atoms with Gasteiger partial charge in [0.1, 0.15) is 19.3 Å². The SMILES string of the molecule is CC/C=C\C/C=C\C/C=C\C/C=C\C/C=C\CCCC(=O)OCC(COP(=O)(O)OCC(O)COP(=O)(O)OCC(COC(=O)CCCCCCCC/C=C\C/C=C\C/C=C\CCCCC)OC(=O)CCCCCCCCCCCCCCC)OC(=O)CCCCCCC/C=C\C/C=C\C/C=C\CC. The summed E-state index contributed by atoms with van der Waals surface area (Å²) in [5.74, 6) is -2.27. The summed E-state index contributed by atoms with van der Waals surface area (Å²) in [5, 5.41) is 10.6. The van der Waals surface area contributed by atoms with E-state index in [1.54, 1.807) is 0 Å². The molecule has 596 valence electrons. The standard InChI is InChI=1S/C85H144O17P2/c1-5-9-13-17-21-25-29-33-36-38-39-41-44-47-50-54-58-62-66-70-83(88)95-75-80(101-84(89)71-67-63-59-55-51-45-32-28-24-20-16-12-8-4)77-99-103(91,92)97-73-79(86)74-98-104(93,94)100-78-81(102-85(90)72-68-64-60-56-52-48-42-35-31-27-23-19-15-11-7-3)76-96-82(87)69-65-61-57-53-49-46-43-40-37-34-30-26-22-18-14-10-6-2/h10-11,14-15,21-23,25-27,33-37,39,41-43,46,53,57,79-81,86H,5-9,12-13,16-20,24,28-32,38,40,44-45,47-52,54-56,58-78H2,1-4H3,(H,91,92)(H,93,94)/b14-10-,15-11-,25-21-,26-22-,27-23-,36-33-,37-34-,41-39-,42-35-,46-43-,57-53-. The van der Waals surface area contributed by atoms with Crippen molar-refractivity contribution >= 4 is 39.5 Å². The van der Waals surface area contributed by atoms with Gasteiger partial charge in [-0.05, 0) is 135 Å². The Bertz CT molecular complexity index is 2490. The van der Waals surface area contributed by atoms with Gasteiger partial charge in [0.15, 0.2) is 12.2 Å². The van der Waals surface area contributed by atoms with Gasteiger partial charge in [-0.25, -0.2) is 9.13 Å². The lowest BCUT2D eigenvalue weighted by atomic mass is 10.0. The number of rotatable bonds is 75. The molecule has 0 bridgehead atoms. The van der Waals surface area contributed by atoms with Crippen LogP contribution in [0.15, 0.2) is 134 Å². The number of ether oxygens (including phenoxy) is 4. The van der Waals surface area contributed by atoms with Crippen molar-refractivity contribution in [1.82, 2.24) is 0 Å². The van der Waals surface area contributed by atoms with Crippen LogP contribution in [-0.4, -0.2) is 96.7 Å². The summed E-state index contributed by atoms with van der Waals surface area (Å²) < 4.78 is 68.6. The third-order valence-electron chi connectivity index (χ3n) is 16.6. The van der Waals surface area contributed by atoms with Gasteiger partial charge in [-0.15, -0.1) is 0 Å². The van der Waals surface area contributed by atoms with Crippen LogP contribution in [0.4, 0.5) is 0 Å². The minimum atomic E-state index is -5.00. The molecule has 5 unspecified atom stereocenters. The zero-order chi connectivity index (χ0) is 76.0. The van der Waals surface area contributed by atoms with E-state index in [-0.39, 0.29) is 25.7 Å². The molecule has 5 atom stereocenters. The van der Waals surface area contributed by atoms with Crippen molar-refractivity contribution in [2.75, 3.05) is 39.6 Å². The third kappa shape index (κ3) is 75.4. The van der Waals surface area contributed by atoms with Gasteiger partial charge in [-0.3, -0.25) is 37.3 Å². The van der Waals surface area contributed by atoms with Crippen molar-refractivity contribution in [3.8, 4) is 0 Å². The van der Waals surface area contributed by atoms with Crippen LogP contribution >= 0.6 is 15.6 Å². The maximum absolute atomic E-state index is 13.1. The number of allylic oxidation sites excluding steroid dienone is 22. The maximum Gasteiger partial charge on any atom is 0.472 e. The molecule has 0 saturated heterocycles. The number of carbonyl (C=O) groups excluding carboxylic acids is 4. The Hall–Kier alpha value is -4.80. The molecule has 0 fully saturated rings. The van der Waals surface area contributed by atoms with E-state index in [9.17, 15) is 43.2 Å². The lowest BCUT2D eigenvalue weighted by Crippen LogP contribution is -2.30. The first-order chi connectivity index (χ1) is 50.7. The fourth-order valence-corrected chi connectivity index (χ4v) is 12.1. The molecule has 0 amide bonds. The van der Waals surface area contributed by atoms with E-state index in [1.165, 1.54) is 70.6 Å². The van der Waals surface area contributed by atoms with Gasteiger partial charge in [0.25, 0.3) is 0 Å². The fourth-order valence-electron chi connectivity index (χ4n) is 10.5. The molecule has 19 heteroatoms. The number of carbonyl (C=O) groups is 4. The third-order valence-corrected chi connectivity index (χ3v) is 18.5. The van der Waals surface area contributed by atoms with Crippen molar-refractivity contribution in [3.63, 3.8) is 0 Å². The molecular formula is C85H144O17P2. The van der Waals surface area contributed by atoms with Crippen molar-refractivity contribution in [2.45, 2.75) is 341 Å². The first-order valence-corrected chi connectivity index (χ1v) is 43.4. The molecule has 0 aromatic carbocycles. The van der Waals surface area contributed by atoms with E-state index in [2.05, 4.69) is 149 Å². The Balaban J connectivity index is 5.41. The molecule has 0 aliphatic heterocycles. The van der Waals surface area contributed by atoms with Gasteiger partial charge in [0.05, 0.1) is 26.4 Å². The predicted molar refractivity (Wildman–Crippen MR) is 427 cm³/mol. The lowest BCUT2D eigenvalue weighted by Gasteiger charge is -2.21. The number of phosphoric acid groups is 2. The van der Waals surface area contributed by atoms with Crippen LogP contribution < -0.4 is 0 Å². The zero-order valence-corrected chi connectivity index (χ0v) is 66.9. The summed E-state index contributed by atoms with van der Waals surface area (Å²) in [6, 6.07) is 0. The highest BCUT2D eigenvalue weighted by atomic mass is 31.2. The number of unbranched alkanes of at least 4 members (excludes halogenated alkanes) is 27. The quantitative estimate of drug-likeness (QED) is 0.0169. The monoisotopic (exact) mass is 1500 g/mol. The number of aliphatic hydroxyl groups is 1. The molecule has 0 spiro atoms. The summed E-state index contributed by atoms with van der Waals surface area (Å²) in [4.78, 5) is 73.0. The van der Waals surface area contributed by atoms with E-state index >= 15 is 0 Å². The Morgan fingerprint density at radius 2 is 0.510 bits per heavy atom. The van der Waals surface area contributed by atoms with Crippen LogP contribution in [0, 0.1) is 0 Å². The first-order valence-electron chi connectivity index (χ1n) is 40.4. The second-order valence-corrected chi connectivity index (χ2v) is 29.5. The largest absolute Gasteiger partial charge is 0.472 e. The second-order valence-electron chi connectivity index (χ2n) is 26.6. The molecule has 0 aromatic heterocycles.